The Morgan fingerprint density at radius 3 is 2.15 bits per heavy atom. The minimum Gasteiger partial charge on any atom is -0.496 e. The molecule has 1 aromatic heterocycles. The summed E-state index contributed by atoms with van der Waals surface area (Å²) in [4.78, 5) is 0. The van der Waals surface area contributed by atoms with Gasteiger partial charge in [0.2, 0.25) is 0 Å². The molecule has 3 heteroatoms. The van der Waals surface area contributed by atoms with Crippen LogP contribution in [0.2, 0.25) is 0 Å². The SMILES string of the molecule is COc1cc(C)cc(C)c1C(O)c1c(C)oc(C)c1C. The summed E-state index contributed by atoms with van der Waals surface area (Å²) in [7, 11) is 1.63. The van der Waals surface area contributed by atoms with Gasteiger partial charge in [-0.2, -0.15) is 0 Å². The van der Waals surface area contributed by atoms with Gasteiger partial charge in [0, 0.05) is 11.1 Å². The van der Waals surface area contributed by atoms with Gasteiger partial charge >= 0.3 is 0 Å². The standard InChI is InChI=1S/C17H22O3/c1-9-7-10(2)15(14(8-9)19-6)17(18)16-11(3)12(4)20-13(16)5/h7-8,17-18H,1-6H3. The van der Waals surface area contributed by atoms with Gasteiger partial charge in [0.1, 0.15) is 23.4 Å². The van der Waals surface area contributed by atoms with Crippen molar-refractivity contribution in [3.05, 3.63) is 51.5 Å². The second-order valence-corrected chi connectivity index (χ2v) is 5.35. The Bertz CT molecular complexity index is 638. The normalized spacial score (nSPS) is 12.6. The van der Waals surface area contributed by atoms with Gasteiger partial charge in [-0.1, -0.05) is 6.07 Å². The first-order chi connectivity index (χ1) is 9.36. The number of aryl methyl sites for hydroxylation is 4. The van der Waals surface area contributed by atoms with Gasteiger partial charge in [0.25, 0.3) is 0 Å². The molecule has 20 heavy (non-hydrogen) atoms. The van der Waals surface area contributed by atoms with Crippen molar-refractivity contribution in [2.45, 2.75) is 40.7 Å². The maximum Gasteiger partial charge on any atom is 0.125 e. The summed E-state index contributed by atoms with van der Waals surface area (Å²) < 4.78 is 11.1. The fraction of sp³-hybridized carbons (Fsp3) is 0.412. The number of aliphatic hydroxyl groups is 1. The molecule has 0 aliphatic heterocycles. The molecular formula is C17H22O3. The first-order valence-corrected chi connectivity index (χ1v) is 6.76. The average molecular weight is 274 g/mol. The molecule has 3 nitrogen and oxygen atoms in total. The number of hydrogen-bond donors (Lipinski definition) is 1. The van der Waals surface area contributed by atoms with Crippen LogP contribution in [0.25, 0.3) is 0 Å². The Labute approximate surface area is 120 Å². The van der Waals surface area contributed by atoms with Crippen LogP contribution in [0.1, 0.15) is 45.4 Å². The van der Waals surface area contributed by atoms with Crippen LogP contribution in [0.15, 0.2) is 16.5 Å². The van der Waals surface area contributed by atoms with E-state index < -0.39 is 6.10 Å². The van der Waals surface area contributed by atoms with Crippen LogP contribution >= 0.6 is 0 Å². The molecule has 1 unspecified atom stereocenters. The number of methoxy groups -OCH3 is 1. The zero-order chi connectivity index (χ0) is 15.0. The third-order valence-electron chi connectivity index (χ3n) is 3.88. The molecule has 0 radical (unpaired) electrons. The molecule has 0 aliphatic rings. The molecule has 0 bridgehead atoms. The second-order valence-electron chi connectivity index (χ2n) is 5.35. The average Bonchev–Trinajstić information content (AvgIpc) is 2.61. The third kappa shape index (κ3) is 2.34. The molecule has 1 atom stereocenters. The maximum absolute atomic E-state index is 10.8. The van der Waals surface area contributed by atoms with Crippen LogP contribution in [0.4, 0.5) is 0 Å². The number of rotatable bonds is 3. The van der Waals surface area contributed by atoms with E-state index in [1.54, 1.807) is 7.11 Å². The van der Waals surface area contributed by atoms with E-state index in [4.69, 9.17) is 9.15 Å². The molecule has 0 amide bonds. The van der Waals surface area contributed by atoms with Crippen molar-refractivity contribution in [3.63, 3.8) is 0 Å². The van der Waals surface area contributed by atoms with Crippen LogP contribution in [-0.4, -0.2) is 12.2 Å². The monoisotopic (exact) mass is 274 g/mol. The zero-order valence-electron chi connectivity index (χ0n) is 13.0. The van der Waals surface area contributed by atoms with Crippen molar-refractivity contribution >= 4 is 0 Å². The van der Waals surface area contributed by atoms with Gasteiger partial charge in [-0.3, -0.25) is 0 Å². The molecule has 0 spiro atoms. The topological polar surface area (TPSA) is 42.6 Å². The summed E-state index contributed by atoms with van der Waals surface area (Å²) in [6.45, 7) is 9.78. The van der Waals surface area contributed by atoms with Crippen molar-refractivity contribution in [2.24, 2.45) is 0 Å². The molecule has 0 fully saturated rings. The van der Waals surface area contributed by atoms with E-state index in [1.165, 1.54) is 0 Å². The van der Waals surface area contributed by atoms with E-state index in [9.17, 15) is 5.11 Å². The van der Waals surface area contributed by atoms with Gasteiger partial charge in [-0.25, -0.2) is 0 Å². The second kappa shape index (κ2) is 5.33. The molecule has 1 aromatic carbocycles. The molecule has 1 N–H and O–H groups in total. The molecule has 108 valence electrons. The molecule has 0 saturated heterocycles. The fourth-order valence-corrected chi connectivity index (χ4v) is 2.82. The summed E-state index contributed by atoms with van der Waals surface area (Å²) in [6, 6.07) is 4.00. The first-order valence-electron chi connectivity index (χ1n) is 6.76. The fourth-order valence-electron chi connectivity index (χ4n) is 2.82. The van der Waals surface area contributed by atoms with Gasteiger partial charge in [0.05, 0.1) is 7.11 Å². The van der Waals surface area contributed by atoms with E-state index in [0.717, 1.165) is 39.3 Å². The van der Waals surface area contributed by atoms with E-state index in [0.29, 0.717) is 5.75 Å². The summed E-state index contributed by atoms with van der Waals surface area (Å²) >= 11 is 0. The highest BCUT2D eigenvalue weighted by atomic mass is 16.5. The highest BCUT2D eigenvalue weighted by Gasteiger charge is 2.24. The predicted molar refractivity (Wildman–Crippen MR) is 79.4 cm³/mol. The Hall–Kier alpha value is -1.74. The Kier molecular flexibility index (Phi) is 3.91. The lowest BCUT2D eigenvalue weighted by Gasteiger charge is -2.19. The molecule has 2 rings (SSSR count). The van der Waals surface area contributed by atoms with Gasteiger partial charge in [-0.05, 0) is 57.4 Å². The van der Waals surface area contributed by atoms with Crippen molar-refractivity contribution in [1.29, 1.82) is 0 Å². The molecule has 1 heterocycles. The lowest BCUT2D eigenvalue weighted by atomic mass is 9.93. The molecule has 2 aromatic rings. The minimum absolute atomic E-state index is 0.715. The van der Waals surface area contributed by atoms with Crippen LogP contribution in [0, 0.1) is 34.6 Å². The van der Waals surface area contributed by atoms with E-state index >= 15 is 0 Å². The Morgan fingerprint density at radius 2 is 1.65 bits per heavy atom. The Morgan fingerprint density at radius 1 is 1.00 bits per heavy atom. The smallest absolute Gasteiger partial charge is 0.125 e. The summed E-state index contributed by atoms with van der Waals surface area (Å²) in [5, 5.41) is 10.8. The molecule has 0 aliphatic carbocycles. The van der Waals surface area contributed by atoms with Gasteiger partial charge in [-0.15, -0.1) is 0 Å². The number of hydrogen-bond acceptors (Lipinski definition) is 3. The quantitative estimate of drug-likeness (QED) is 0.922. The number of benzene rings is 1. The van der Waals surface area contributed by atoms with Crippen molar-refractivity contribution < 1.29 is 14.3 Å². The maximum atomic E-state index is 10.8. The highest BCUT2D eigenvalue weighted by molar-refractivity contribution is 5.50. The van der Waals surface area contributed by atoms with Crippen LogP contribution < -0.4 is 4.74 Å². The molecule has 0 saturated carbocycles. The van der Waals surface area contributed by atoms with Crippen LogP contribution in [0.3, 0.4) is 0 Å². The van der Waals surface area contributed by atoms with Gasteiger partial charge in [0.15, 0.2) is 0 Å². The summed E-state index contributed by atoms with van der Waals surface area (Å²) in [5.74, 6) is 2.32. The number of aliphatic hydroxyl groups excluding tert-OH is 1. The van der Waals surface area contributed by atoms with Crippen LogP contribution in [-0.2, 0) is 0 Å². The van der Waals surface area contributed by atoms with Gasteiger partial charge < -0.3 is 14.3 Å². The van der Waals surface area contributed by atoms with Crippen molar-refractivity contribution in [1.82, 2.24) is 0 Å². The summed E-state index contributed by atoms with van der Waals surface area (Å²) in [6.07, 6.45) is -0.733. The van der Waals surface area contributed by atoms with E-state index in [2.05, 4.69) is 6.07 Å². The third-order valence-corrected chi connectivity index (χ3v) is 3.88. The number of furan rings is 1. The largest absolute Gasteiger partial charge is 0.496 e. The minimum atomic E-state index is -0.733. The van der Waals surface area contributed by atoms with Crippen LogP contribution in [0.5, 0.6) is 5.75 Å². The lowest BCUT2D eigenvalue weighted by molar-refractivity contribution is 0.211. The van der Waals surface area contributed by atoms with E-state index in [-0.39, 0.29) is 0 Å². The van der Waals surface area contributed by atoms with Crippen molar-refractivity contribution in [2.75, 3.05) is 7.11 Å². The summed E-state index contributed by atoms with van der Waals surface area (Å²) in [5.41, 5.74) is 4.79. The lowest BCUT2D eigenvalue weighted by Crippen LogP contribution is -2.07. The highest BCUT2D eigenvalue weighted by Crippen LogP contribution is 2.37. The zero-order valence-corrected chi connectivity index (χ0v) is 13.0. The first kappa shape index (κ1) is 14.7. The Balaban J connectivity index is 2.62. The number of ether oxygens (including phenoxy) is 1. The van der Waals surface area contributed by atoms with E-state index in [1.807, 2.05) is 40.7 Å². The molecular weight excluding hydrogens is 252 g/mol. The van der Waals surface area contributed by atoms with Crippen molar-refractivity contribution in [3.8, 4) is 5.75 Å². The predicted octanol–water partition coefficient (Wildman–Crippen LogP) is 3.91.